The van der Waals surface area contributed by atoms with Crippen molar-refractivity contribution in [3.05, 3.63) is 71.6 Å². The number of alkyl halides is 3. The van der Waals surface area contributed by atoms with Crippen LogP contribution in [0.2, 0.25) is 0 Å². The van der Waals surface area contributed by atoms with Crippen molar-refractivity contribution in [2.75, 3.05) is 6.54 Å². The van der Waals surface area contributed by atoms with E-state index in [1.54, 1.807) is 0 Å². The van der Waals surface area contributed by atoms with Gasteiger partial charge in [-0.25, -0.2) is 0 Å². The molecule has 1 aliphatic rings. The Morgan fingerprint density at radius 1 is 1.07 bits per heavy atom. The topological polar surface area (TPSA) is 62.4 Å². The third kappa shape index (κ3) is 3.93. The number of aliphatic hydroxyl groups excluding tert-OH is 1. The normalized spacial score (nSPS) is 20.6. The molecule has 2 atom stereocenters. The van der Waals surface area contributed by atoms with Crippen molar-refractivity contribution in [3.63, 3.8) is 0 Å². The lowest BCUT2D eigenvalue weighted by molar-refractivity contribution is -0.137. The Hall–Kier alpha value is -2.71. The molecule has 28 heavy (non-hydrogen) atoms. The zero-order valence-corrected chi connectivity index (χ0v) is 14.8. The Morgan fingerprint density at radius 2 is 1.79 bits per heavy atom. The van der Waals surface area contributed by atoms with Gasteiger partial charge in [0.1, 0.15) is 0 Å². The van der Waals surface area contributed by atoms with Gasteiger partial charge in [-0.1, -0.05) is 47.6 Å². The molecular formula is C20H18F3N3O2. The van der Waals surface area contributed by atoms with Crippen molar-refractivity contribution in [2.45, 2.75) is 31.3 Å². The van der Waals surface area contributed by atoms with Crippen LogP contribution in [0.25, 0.3) is 11.4 Å². The van der Waals surface area contributed by atoms with Gasteiger partial charge in [0.05, 0.1) is 17.7 Å². The fraction of sp³-hybridized carbons (Fsp3) is 0.300. The average molecular weight is 389 g/mol. The molecule has 4 rings (SSSR count). The number of halogens is 3. The number of rotatable bonds is 4. The molecule has 1 saturated heterocycles. The predicted molar refractivity (Wildman–Crippen MR) is 95.0 cm³/mol. The van der Waals surface area contributed by atoms with Gasteiger partial charge >= 0.3 is 6.18 Å². The Balaban J connectivity index is 1.54. The summed E-state index contributed by atoms with van der Waals surface area (Å²) in [5.74, 6) is 0.576. The molecule has 1 N–H and O–H groups in total. The number of likely N-dealkylation sites (tertiary alicyclic amines) is 1. The summed E-state index contributed by atoms with van der Waals surface area (Å²) in [4.78, 5) is 6.43. The molecule has 1 fully saturated rings. The van der Waals surface area contributed by atoms with E-state index in [0.717, 1.165) is 17.7 Å². The van der Waals surface area contributed by atoms with Crippen LogP contribution in [0.15, 0.2) is 59.1 Å². The number of aromatic nitrogens is 2. The smallest absolute Gasteiger partial charge is 0.392 e. The molecule has 2 aromatic carbocycles. The number of benzene rings is 2. The number of β-amino-alcohol motifs (C(OH)–C–C–N with tert-alkyl or cyclic N) is 1. The number of nitrogens with zero attached hydrogens (tertiary/aromatic N) is 3. The Labute approximate surface area is 159 Å². The standard InChI is InChI=1S/C20H18F3N3O2/c21-20(22,23)15-8-6-14(7-9-15)18-24-19(28-25-18)17-10-16(27)12-26(17)11-13-4-2-1-3-5-13/h1-9,16-17,27H,10-12H2/t16-,17+/m1/s1. The number of aliphatic hydroxyl groups is 1. The molecule has 0 amide bonds. The second-order valence-electron chi connectivity index (χ2n) is 6.85. The summed E-state index contributed by atoms with van der Waals surface area (Å²) in [7, 11) is 0. The van der Waals surface area contributed by atoms with E-state index >= 15 is 0 Å². The minimum atomic E-state index is -4.39. The molecule has 0 radical (unpaired) electrons. The molecule has 0 aliphatic carbocycles. The summed E-state index contributed by atoms with van der Waals surface area (Å²) in [6, 6.07) is 14.2. The SMILES string of the molecule is O[C@@H]1C[C@@H](c2nc(-c3ccc(C(F)(F)F)cc3)no2)N(Cc2ccccc2)C1. The van der Waals surface area contributed by atoms with Gasteiger partial charge < -0.3 is 9.63 Å². The largest absolute Gasteiger partial charge is 0.416 e. The minimum absolute atomic E-state index is 0.227. The van der Waals surface area contributed by atoms with Crippen LogP contribution >= 0.6 is 0 Å². The Kier molecular flexibility index (Phi) is 4.91. The first-order chi connectivity index (χ1) is 13.4. The first kappa shape index (κ1) is 18.6. The summed E-state index contributed by atoms with van der Waals surface area (Å²) < 4.78 is 43.5. The molecule has 3 aromatic rings. The fourth-order valence-corrected chi connectivity index (χ4v) is 3.43. The van der Waals surface area contributed by atoms with Crippen LogP contribution in [-0.2, 0) is 12.7 Å². The van der Waals surface area contributed by atoms with Gasteiger partial charge in [-0.3, -0.25) is 4.90 Å². The first-order valence-corrected chi connectivity index (χ1v) is 8.87. The van der Waals surface area contributed by atoms with Crippen molar-refractivity contribution in [3.8, 4) is 11.4 Å². The summed E-state index contributed by atoms with van der Waals surface area (Å²) in [5, 5.41) is 14.0. The fourth-order valence-electron chi connectivity index (χ4n) is 3.43. The van der Waals surface area contributed by atoms with Gasteiger partial charge in [-0.2, -0.15) is 18.2 Å². The molecule has 1 aromatic heterocycles. The van der Waals surface area contributed by atoms with Crippen molar-refractivity contribution in [2.24, 2.45) is 0 Å². The van der Waals surface area contributed by atoms with Gasteiger partial charge in [0.15, 0.2) is 0 Å². The molecule has 1 aliphatic heterocycles. The molecule has 146 valence electrons. The van der Waals surface area contributed by atoms with E-state index in [2.05, 4.69) is 15.0 Å². The van der Waals surface area contributed by atoms with Crippen molar-refractivity contribution < 1.29 is 22.8 Å². The van der Waals surface area contributed by atoms with E-state index in [4.69, 9.17) is 4.52 Å². The average Bonchev–Trinajstić information content (AvgIpc) is 3.29. The van der Waals surface area contributed by atoms with Gasteiger partial charge in [0, 0.05) is 18.7 Å². The molecular weight excluding hydrogens is 371 g/mol. The maximum absolute atomic E-state index is 12.7. The number of hydrogen-bond acceptors (Lipinski definition) is 5. The van der Waals surface area contributed by atoms with Gasteiger partial charge in [-0.15, -0.1) is 0 Å². The van der Waals surface area contributed by atoms with Gasteiger partial charge in [-0.05, 0) is 24.1 Å². The van der Waals surface area contributed by atoms with E-state index < -0.39 is 17.8 Å². The van der Waals surface area contributed by atoms with Crippen molar-refractivity contribution in [1.29, 1.82) is 0 Å². The zero-order chi connectivity index (χ0) is 19.7. The molecule has 0 saturated carbocycles. The second kappa shape index (κ2) is 7.37. The lowest BCUT2D eigenvalue weighted by Gasteiger charge is -2.21. The lowest BCUT2D eigenvalue weighted by atomic mass is 10.1. The Morgan fingerprint density at radius 3 is 2.46 bits per heavy atom. The molecule has 2 heterocycles. The molecule has 8 heteroatoms. The predicted octanol–water partition coefficient (Wildman–Crippen LogP) is 4.06. The van der Waals surface area contributed by atoms with E-state index in [9.17, 15) is 18.3 Å². The van der Waals surface area contributed by atoms with Crippen LogP contribution in [-0.4, -0.2) is 32.8 Å². The monoisotopic (exact) mass is 389 g/mol. The highest BCUT2D eigenvalue weighted by Gasteiger charge is 2.36. The third-order valence-electron chi connectivity index (χ3n) is 4.81. The maximum Gasteiger partial charge on any atom is 0.416 e. The van der Waals surface area contributed by atoms with E-state index in [1.165, 1.54) is 12.1 Å². The maximum atomic E-state index is 12.7. The van der Waals surface area contributed by atoms with Crippen LogP contribution in [0.3, 0.4) is 0 Å². The minimum Gasteiger partial charge on any atom is -0.392 e. The van der Waals surface area contributed by atoms with E-state index in [-0.39, 0.29) is 11.9 Å². The molecule has 0 unspecified atom stereocenters. The van der Waals surface area contributed by atoms with Crippen LogP contribution < -0.4 is 0 Å². The Bertz CT molecular complexity index is 926. The highest BCUT2D eigenvalue weighted by molar-refractivity contribution is 5.54. The van der Waals surface area contributed by atoms with Crippen LogP contribution in [0.1, 0.15) is 29.5 Å². The second-order valence-corrected chi connectivity index (χ2v) is 6.85. The number of hydrogen-bond donors (Lipinski definition) is 1. The highest BCUT2D eigenvalue weighted by atomic mass is 19.4. The first-order valence-electron chi connectivity index (χ1n) is 8.87. The summed E-state index contributed by atoms with van der Waals surface area (Å²) in [6.07, 6.45) is -4.43. The summed E-state index contributed by atoms with van der Waals surface area (Å²) in [6.45, 7) is 1.11. The highest BCUT2D eigenvalue weighted by Crippen LogP contribution is 2.34. The van der Waals surface area contributed by atoms with Crippen LogP contribution in [0.4, 0.5) is 13.2 Å². The van der Waals surface area contributed by atoms with Gasteiger partial charge in [0.2, 0.25) is 11.7 Å². The summed E-state index contributed by atoms with van der Waals surface area (Å²) >= 11 is 0. The van der Waals surface area contributed by atoms with Crippen LogP contribution in [0, 0.1) is 0 Å². The molecule has 5 nitrogen and oxygen atoms in total. The third-order valence-corrected chi connectivity index (χ3v) is 4.81. The lowest BCUT2D eigenvalue weighted by Crippen LogP contribution is -2.24. The van der Waals surface area contributed by atoms with Crippen molar-refractivity contribution in [1.82, 2.24) is 15.0 Å². The van der Waals surface area contributed by atoms with Crippen LogP contribution in [0.5, 0.6) is 0 Å². The van der Waals surface area contributed by atoms with E-state index in [0.29, 0.717) is 31.0 Å². The van der Waals surface area contributed by atoms with Gasteiger partial charge in [0.25, 0.3) is 0 Å². The quantitative estimate of drug-likeness (QED) is 0.729. The van der Waals surface area contributed by atoms with E-state index in [1.807, 2.05) is 30.3 Å². The molecule has 0 spiro atoms. The summed E-state index contributed by atoms with van der Waals surface area (Å²) in [5.41, 5.74) is 0.813. The molecule has 0 bridgehead atoms. The van der Waals surface area contributed by atoms with Crippen molar-refractivity contribution >= 4 is 0 Å². The zero-order valence-electron chi connectivity index (χ0n) is 14.8.